The number of ether oxygens (including phenoxy) is 3. The van der Waals surface area contributed by atoms with E-state index in [1.54, 1.807) is 28.8 Å². The van der Waals surface area contributed by atoms with Crippen molar-refractivity contribution in [2.75, 3.05) is 39.4 Å². The highest BCUT2D eigenvalue weighted by atomic mass is 33.1. The van der Waals surface area contributed by atoms with Gasteiger partial charge in [0, 0.05) is 36.8 Å². The fraction of sp³-hybridized carbons (Fsp3) is 0.478. The van der Waals surface area contributed by atoms with Crippen LogP contribution in [0.2, 0.25) is 0 Å². The highest BCUT2D eigenvalue weighted by molar-refractivity contribution is 8.76. The normalized spacial score (nSPS) is 28.5. The lowest BCUT2D eigenvalue weighted by atomic mass is 9.82. The molecule has 2 fully saturated rings. The van der Waals surface area contributed by atoms with E-state index in [2.05, 4.69) is 4.98 Å². The molecule has 0 radical (unpaired) electrons. The van der Waals surface area contributed by atoms with Crippen LogP contribution in [0.4, 0.5) is 4.79 Å². The maximum Gasteiger partial charge on any atom is 0.410 e. The number of carbonyl (C=O) groups is 3. The first-order valence-corrected chi connectivity index (χ1v) is 13.8. The van der Waals surface area contributed by atoms with E-state index in [4.69, 9.17) is 25.7 Å². The van der Waals surface area contributed by atoms with Crippen molar-refractivity contribution in [2.45, 2.75) is 29.8 Å². The lowest BCUT2D eigenvalue weighted by Gasteiger charge is -2.41. The van der Waals surface area contributed by atoms with Gasteiger partial charge in [-0.05, 0) is 29.9 Å². The summed E-state index contributed by atoms with van der Waals surface area (Å²) < 4.78 is 17.1. The number of pyridine rings is 1. The maximum absolute atomic E-state index is 13.2. The van der Waals surface area contributed by atoms with Crippen LogP contribution in [-0.2, 0) is 23.8 Å². The first-order chi connectivity index (χ1) is 17.4. The number of rotatable bonds is 9. The third-order valence-electron chi connectivity index (χ3n) is 7.08. The van der Waals surface area contributed by atoms with Gasteiger partial charge in [0.15, 0.2) is 5.72 Å². The molecule has 192 valence electrons. The predicted molar refractivity (Wildman–Crippen MR) is 132 cm³/mol. The summed E-state index contributed by atoms with van der Waals surface area (Å²) in [5.41, 5.74) is 11.1. The van der Waals surface area contributed by atoms with Gasteiger partial charge in [0.05, 0.1) is 36.7 Å². The first kappa shape index (κ1) is 25.1. The van der Waals surface area contributed by atoms with E-state index in [9.17, 15) is 14.4 Å². The van der Waals surface area contributed by atoms with Crippen LogP contribution in [0, 0.1) is 5.92 Å². The molecule has 0 aromatic carbocycles. The number of fused-ring (bicyclic) bond motifs is 4. The Morgan fingerprint density at radius 3 is 2.81 bits per heavy atom. The molecule has 13 heteroatoms. The number of hydrogen-bond acceptors (Lipinski definition) is 12. The van der Waals surface area contributed by atoms with Gasteiger partial charge in [-0.2, -0.15) is 0 Å². The summed E-state index contributed by atoms with van der Waals surface area (Å²) in [5.74, 6) is -0.778. The summed E-state index contributed by atoms with van der Waals surface area (Å²) in [6, 6.07) is 5.06. The van der Waals surface area contributed by atoms with E-state index in [-0.39, 0.29) is 54.3 Å². The number of hydrogen-bond donors (Lipinski definition) is 2. The highest BCUT2D eigenvalue weighted by Crippen LogP contribution is 2.59. The van der Waals surface area contributed by atoms with Crippen molar-refractivity contribution in [3.8, 4) is 0 Å². The molecule has 3 aliphatic heterocycles. The van der Waals surface area contributed by atoms with E-state index in [0.29, 0.717) is 12.3 Å². The van der Waals surface area contributed by atoms with E-state index in [1.165, 1.54) is 17.9 Å². The molecule has 4 heterocycles. The van der Waals surface area contributed by atoms with Gasteiger partial charge in [-0.3, -0.25) is 14.5 Å². The average molecular weight is 534 g/mol. The summed E-state index contributed by atoms with van der Waals surface area (Å²) in [5, 5.41) is 0.884. The Kier molecular flexibility index (Phi) is 6.76. The summed E-state index contributed by atoms with van der Waals surface area (Å²) in [7, 11) is 4.57. The van der Waals surface area contributed by atoms with Crippen LogP contribution in [0.1, 0.15) is 6.92 Å². The number of amides is 1. The predicted octanol–water partition coefficient (Wildman–Crippen LogP) is 0.871. The topological polar surface area (TPSA) is 150 Å². The molecular weight excluding hydrogens is 506 g/mol. The summed E-state index contributed by atoms with van der Waals surface area (Å²) >= 11 is 0. The van der Waals surface area contributed by atoms with Crippen LogP contribution in [0.25, 0.3) is 0 Å². The Morgan fingerprint density at radius 2 is 2.11 bits per heavy atom. The van der Waals surface area contributed by atoms with Crippen molar-refractivity contribution in [3.05, 3.63) is 46.9 Å². The molecule has 1 aromatic heterocycles. The van der Waals surface area contributed by atoms with Crippen molar-refractivity contribution < 1.29 is 28.6 Å². The molecule has 0 spiro atoms. The van der Waals surface area contributed by atoms with Crippen molar-refractivity contribution in [2.24, 2.45) is 17.4 Å². The van der Waals surface area contributed by atoms with Crippen molar-refractivity contribution in [1.29, 1.82) is 0 Å². The Balaban J connectivity index is 1.29. The zero-order valence-electron chi connectivity index (χ0n) is 19.8. The van der Waals surface area contributed by atoms with Gasteiger partial charge >= 0.3 is 6.09 Å². The molecule has 2 saturated heterocycles. The van der Waals surface area contributed by atoms with Gasteiger partial charge in [0.25, 0.3) is 0 Å². The summed E-state index contributed by atoms with van der Waals surface area (Å²) in [6.07, 6.45) is 1.27. The average Bonchev–Trinajstić information content (AvgIpc) is 3.40. The quantitative estimate of drug-likeness (QED) is 0.152. The molecule has 4 N–H and O–H groups in total. The number of carbonyl (C=O) groups excluding carboxylic acids is 3. The minimum Gasteiger partial charge on any atom is -0.448 e. The number of methoxy groups -OCH3 is 1. The summed E-state index contributed by atoms with van der Waals surface area (Å²) in [4.78, 5) is 47.0. The zero-order chi connectivity index (χ0) is 25.6. The third-order valence-corrected chi connectivity index (χ3v) is 9.31. The van der Waals surface area contributed by atoms with E-state index in [1.807, 2.05) is 23.1 Å². The van der Waals surface area contributed by atoms with Crippen molar-refractivity contribution in [3.63, 3.8) is 0 Å². The second kappa shape index (κ2) is 9.71. The number of piperazine rings is 1. The second-order valence-corrected chi connectivity index (χ2v) is 11.2. The van der Waals surface area contributed by atoms with Crippen LogP contribution in [0.3, 0.4) is 0 Å². The molecule has 36 heavy (non-hydrogen) atoms. The highest BCUT2D eigenvalue weighted by Gasteiger charge is 2.77. The minimum atomic E-state index is -1.15. The molecule has 11 nitrogen and oxygen atoms in total. The standard InChI is InChI=1S/C23H27N5O6S2/c1-12-17(25)20(30)16-13(10-33-11-24)23(32-2)21-14(9-27(23)18(16)19(12)29)28(21)22(31)34-7-8-35-36-15-5-3-4-6-26-15/h3-6,13-14,21H,7-11,24-25H2,1-2H3/t13-,14+,21+,23-,28?/m1/s1. The van der Waals surface area contributed by atoms with Gasteiger partial charge in [0.2, 0.25) is 11.6 Å². The van der Waals surface area contributed by atoms with Gasteiger partial charge in [-0.1, -0.05) is 16.9 Å². The lowest BCUT2D eigenvalue weighted by Crippen LogP contribution is -2.56. The monoisotopic (exact) mass is 533 g/mol. The Hall–Kier alpha value is -2.58. The molecular formula is C23H27N5O6S2. The van der Waals surface area contributed by atoms with Crippen LogP contribution >= 0.6 is 21.6 Å². The summed E-state index contributed by atoms with van der Waals surface area (Å²) in [6.45, 7) is 2.08. The molecule has 4 atom stereocenters. The molecule has 0 saturated carbocycles. The second-order valence-electron chi connectivity index (χ2n) is 8.72. The first-order valence-electron chi connectivity index (χ1n) is 11.4. The maximum atomic E-state index is 13.2. The van der Waals surface area contributed by atoms with Gasteiger partial charge < -0.3 is 30.6 Å². The zero-order valence-corrected chi connectivity index (χ0v) is 21.5. The molecule has 5 rings (SSSR count). The SMILES string of the molecule is CO[C@@]12[C@H](COCN)C3=C(C(=O)C(C)=C(N)C3=O)N1C[C@H]1[C@@H]2N1C(=O)OCCSSc1ccccn1. The van der Waals surface area contributed by atoms with Gasteiger partial charge in [-0.25, -0.2) is 9.78 Å². The Labute approximate surface area is 215 Å². The van der Waals surface area contributed by atoms with Crippen LogP contribution in [0.15, 0.2) is 52.0 Å². The third kappa shape index (κ3) is 3.72. The van der Waals surface area contributed by atoms with Gasteiger partial charge in [-0.15, -0.1) is 0 Å². The number of allylic oxidation sites excluding steroid dienone is 2. The molecule has 1 amide bonds. The largest absolute Gasteiger partial charge is 0.448 e. The molecule has 1 aromatic rings. The Bertz CT molecular complexity index is 1160. The van der Waals surface area contributed by atoms with Crippen LogP contribution < -0.4 is 11.5 Å². The minimum absolute atomic E-state index is 0.0402. The molecule has 4 aliphatic rings. The smallest absolute Gasteiger partial charge is 0.410 e. The van der Waals surface area contributed by atoms with Crippen molar-refractivity contribution >= 4 is 39.2 Å². The van der Waals surface area contributed by atoms with Crippen LogP contribution in [0.5, 0.6) is 0 Å². The molecule has 0 bridgehead atoms. The Morgan fingerprint density at radius 1 is 1.31 bits per heavy atom. The number of Topliss-reactive ketones (excluding diaryl/α,β-unsaturated/α-hetero) is 2. The fourth-order valence-electron chi connectivity index (χ4n) is 5.48. The van der Waals surface area contributed by atoms with Crippen molar-refractivity contribution in [1.82, 2.24) is 14.8 Å². The number of nitrogens with two attached hydrogens (primary N) is 2. The number of aromatic nitrogens is 1. The fourth-order valence-corrected chi connectivity index (χ4v) is 7.19. The van der Waals surface area contributed by atoms with Crippen LogP contribution in [-0.4, -0.2) is 89.6 Å². The van der Waals surface area contributed by atoms with E-state index >= 15 is 0 Å². The number of ketones is 2. The molecule has 0 unspecified atom stereocenters. The van der Waals surface area contributed by atoms with Gasteiger partial charge in [0.1, 0.15) is 17.7 Å². The lowest BCUT2D eigenvalue weighted by molar-refractivity contribution is -0.147. The number of nitrogens with zero attached hydrogens (tertiary/aromatic N) is 3. The molecule has 1 aliphatic carbocycles. The van der Waals surface area contributed by atoms with E-state index < -0.39 is 29.6 Å². The van der Waals surface area contributed by atoms with E-state index in [0.717, 1.165) is 5.03 Å².